The van der Waals surface area contributed by atoms with E-state index in [2.05, 4.69) is 182 Å². The molecule has 8 aromatic carbocycles. The summed E-state index contributed by atoms with van der Waals surface area (Å²) in [5, 5.41) is 4.85. The van der Waals surface area contributed by atoms with E-state index in [1.807, 2.05) is 0 Å². The first-order valence-electron chi connectivity index (χ1n) is 22.9. The second-order valence-corrected chi connectivity index (χ2v) is 18.9. The molecule has 10 aromatic rings. The average molecular weight is 809 g/mol. The van der Waals surface area contributed by atoms with Crippen LogP contribution in [0.15, 0.2) is 186 Å². The molecule has 15 rings (SSSR count). The van der Waals surface area contributed by atoms with Crippen LogP contribution in [0.4, 0.5) is 0 Å². The number of hydrogen-bond acceptors (Lipinski definition) is 3. The van der Waals surface area contributed by atoms with Crippen LogP contribution in [0.5, 0.6) is 0 Å². The van der Waals surface area contributed by atoms with Crippen molar-refractivity contribution >= 4 is 32.7 Å². The zero-order valence-corrected chi connectivity index (χ0v) is 35.0. The van der Waals surface area contributed by atoms with E-state index in [1.54, 1.807) is 0 Å². The van der Waals surface area contributed by atoms with E-state index in [-0.39, 0.29) is 5.41 Å². The van der Waals surface area contributed by atoms with Crippen molar-refractivity contribution in [1.29, 1.82) is 0 Å². The van der Waals surface area contributed by atoms with E-state index in [4.69, 9.17) is 14.4 Å². The highest BCUT2D eigenvalue weighted by Gasteiger charge is 2.63. The maximum atomic E-state index is 7.34. The third kappa shape index (κ3) is 5.20. The predicted octanol–water partition coefficient (Wildman–Crippen LogP) is 15.6. The van der Waals surface area contributed by atoms with Crippen LogP contribution in [0.2, 0.25) is 0 Å². The first-order valence-corrected chi connectivity index (χ1v) is 22.9. The lowest BCUT2D eigenvalue weighted by Gasteiger charge is -2.61. The fourth-order valence-corrected chi connectivity index (χ4v) is 13.3. The third-order valence-corrected chi connectivity index (χ3v) is 15.6. The van der Waals surface area contributed by atoms with Gasteiger partial charge < -0.3 is 4.42 Å². The van der Waals surface area contributed by atoms with Crippen molar-refractivity contribution in [3.05, 3.63) is 193 Å². The van der Waals surface area contributed by atoms with Gasteiger partial charge in [0, 0.05) is 43.8 Å². The van der Waals surface area contributed by atoms with Gasteiger partial charge in [0.25, 0.3) is 0 Å². The Hall–Kier alpha value is -7.10. The first kappa shape index (κ1) is 35.5. The minimum Gasteiger partial charge on any atom is -0.455 e. The number of fused-ring (bicyclic) bond motifs is 9. The molecule has 5 aliphatic carbocycles. The molecule has 2 heterocycles. The van der Waals surface area contributed by atoms with Gasteiger partial charge in [-0.15, -0.1) is 0 Å². The average Bonchev–Trinajstić information content (AvgIpc) is 3.88. The minimum atomic E-state index is -0.177. The summed E-state index contributed by atoms with van der Waals surface area (Å²) in [4.78, 5) is 11.0. The summed E-state index contributed by atoms with van der Waals surface area (Å²) in [5.74, 6) is 3.44. The molecule has 4 fully saturated rings. The number of aromatic nitrogens is 2. The van der Waals surface area contributed by atoms with Crippen LogP contribution in [0.25, 0.3) is 100.0 Å². The monoisotopic (exact) mass is 808 g/mol. The summed E-state index contributed by atoms with van der Waals surface area (Å²) in [5.41, 5.74) is 17.4. The number of benzene rings is 8. The summed E-state index contributed by atoms with van der Waals surface area (Å²) in [6.45, 7) is 0. The molecule has 0 atom stereocenters. The lowest BCUT2D eigenvalue weighted by molar-refractivity contribution is -0.0394. The minimum absolute atomic E-state index is 0.177. The number of nitrogens with zero attached hydrogens (tertiary/aromatic N) is 2. The molecule has 300 valence electrons. The molecule has 4 bridgehead atoms. The Labute approximate surface area is 367 Å². The standard InChI is InChI=1S/C60H44N2O/c1-4-13-38(14-5-1)42-32-43(39-15-6-2-7-16-39)34-44(33-42)53-35-54(62-59(61-53)41-18-8-3-9-19-41)52-22-12-21-48-49-25-26-51-50-24-23-40-17-10-11-20-47(40)57(50)63-58(51)56(49)60(55(48)52)45-28-36-27-37(30-45)31-46(60)29-36/h1-26,32-37,45-46H,27-31H2. The number of furan rings is 1. The number of rotatable bonds is 5. The van der Waals surface area contributed by atoms with Crippen molar-refractivity contribution < 1.29 is 4.42 Å². The molecule has 4 saturated carbocycles. The van der Waals surface area contributed by atoms with Gasteiger partial charge in [-0.2, -0.15) is 0 Å². The van der Waals surface area contributed by atoms with Crippen molar-refractivity contribution in [2.24, 2.45) is 23.7 Å². The van der Waals surface area contributed by atoms with Crippen LogP contribution >= 0.6 is 0 Å². The summed E-state index contributed by atoms with van der Waals surface area (Å²) in [7, 11) is 0. The quantitative estimate of drug-likeness (QED) is 0.174. The van der Waals surface area contributed by atoms with Crippen molar-refractivity contribution in [3.8, 4) is 67.3 Å². The lowest BCUT2D eigenvalue weighted by Crippen LogP contribution is -2.55. The van der Waals surface area contributed by atoms with Crippen LogP contribution in [-0.2, 0) is 5.41 Å². The molecule has 0 amide bonds. The Bertz CT molecular complexity index is 3370. The first-order chi connectivity index (χ1) is 31.2. The van der Waals surface area contributed by atoms with Gasteiger partial charge >= 0.3 is 0 Å². The fourth-order valence-electron chi connectivity index (χ4n) is 13.3. The highest BCUT2D eigenvalue weighted by Crippen LogP contribution is 2.71. The van der Waals surface area contributed by atoms with Gasteiger partial charge in [-0.3, -0.25) is 0 Å². The van der Waals surface area contributed by atoms with E-state index in [0.717, 1.165) is 51.3 Å². The van der Waals surface area contributed by atoms with Crippen LogP contribution in [0.1, 0.15) is 43.2 Å². The van der Waals surface area contributed by atoms with E-state index >= 15 is 0 Å². The van der Waals surface area contributed by atoms with Gasteiger partial charge in [0.05, 0.1) is 11.4 Å². The molecule has 63 heavy (non-hydrogen) atoms. The Balaban J connectivity index is 1.04. The van der Waals surface area contributed by atoms with Gasteiger partial charge in [-0.1, -0.05) is 146 Å². The van der Waals surface area contributed by atoms with E-state index < -0.39 is 0 Å². The molecule has 0 unspecified atom stereocenters. The van der Waals surface area contributed by atoms with Gasteiger partial charge in [0.15, 0.2) is 5.82 Å². The van der Waals surface area contributed by atoms with Gasteiger partial charge in [0.2, 0.25) is 0 Å². The topological polar surface area (TPSA) is 38.9 Å². The maximum Gasteiger partial charge on any atom is 0.160 e. The smallest absolute Gasteiger partial charge is 0.160 e. The molecule has 0 N–H and O–H groups in total. The largest absolute Gasteiger partial charge is 0.455 e. The molecule has 3 heteroatoms. The molecule has 0 saturated heterocycles. The molecular weight excluding hydrogens is 765 g/mol. The van der Waals surface area contributed by atoms with Crippen molar-refractivity contribution in [2.75, 3.05) is 0 Å². The predicted molar refractivity (Wildman–Crippen MR) is 257 cm³/mol. The zero-order valence-electron chi connectivity index (χ0n) is 35.0. The second kappa shape index (κ2) is 13.4. The normalized spacial score (nSPS) is 21.7. The zero-order chi connectivity index (χ0) is 41.2. The van der Waals surface area contributed by atoms with Gasteiger partial charge in [-0.05, 0) is 137 Å². The summed E-state index contributed by atoms with van der Waals surface area (Å²) in [6.07, 6.45) is 6.50. The van der Waals surface area contributed by atoms with Gasteiger partial charge in [-0.25, -0.2) is 9.97 Å². The summed E-state index contributed by atoms with van der Waals surface area (Å²) < 4.78 is 7.34. The summed E-state index contributed by atoms with van der Waals surface area (Å²) in [6, 6.07) is 66.3. The highest BCUT2D eigenvalue weighted by molar-refractivity contribution is 6.17. The number of hydrogen-bond donors (Lipinski definition) is 0. The highest BCUT2D eigenvalue weighted by atomic mass is 16.3. The molecule has 2 aromatic heterocycles. The van der Waals surface area contributed by atoms with E-state index in [9.17, 15) is 0 Å². The van der Waals surface area contributed by atoms with Crippen LogP contribution in [0, 0.1) is 23.7 Å². The SMILES string of the molecule is c1ccc(-c2cc(-c3ccccc3)cc(-c3cc(-c4cccc5c4C4(c6c-5ccc5c6oc6c7ccccc7ccc56)C5CC6CC(C5)CC4C6)nc(-c4ccccc4)n3)c2)cc1. The van der Waals surface area contributed by atoms with Crippen LogP contribution in [0.3, 0.4) is 0 Å². The summed E-state index contributed by atoms with van der Waals surface area (Å²) >= 11 is 0. The molecule has 5 aliphatic rings. The Kier molecular flexibility index (Phi) is 7.58. The van der Waals surface area contributed by atoms with Crippen molar-refractivity contribution in [1.82, 2.24) is 9.97 Å². The van der Waals surface area contributed by atoms with Crippen molar-refractivity contribution in [3.63, 3.8) is 0 Å². The second-order valence-electron chi connectivity index (χ2n) is 18.9. The van der Waals surface area contributed by atoms with E-state index in [0.29, 0.717) is 11.8 Å². The molecular formula is C60H44N2O. The Morgan fingerprint density at radius 2 is 0.937 bits per heavy atom. The third-order valence-electron chi connectivity index (χ3n) is 15.6. The van der Waals surface area contributed by atoms with Gasteiger partial charge in [0.1, 0.15) is 11.2 Å². The maximum absolute atomic E-state index is 7.34. The Morgan fingerprint density at radius 3 is 1.63 bits per heavy atom. The molecule has 1 spiro atoms. The molecule has 3 nitrogen and oxygen atoms in total. The lowest BCUT2D eigenvalue weighted by atomic mass is 9.42. The van der Waals surface area contributed by atoms with E-state index in [1.165, 1.54) is 104 Å². The Morgan fingerprint density at radius 1 is 0.381 bits per heavy atom. The molecule has 0 aliphatic heterocycles. The fraction of sp³-hybridized carbons (Fsp3) is 0.167. The van der Waals surface area contributed by atoms with Crippen LogP contribution < -0.4 is 0 Å². The molecule has 0 radical (unpaired) electrons. The van der Waals surface area contributed by atoms with Crippen molar-refractivity contribution in [2.45, 2.75) is 37.5 Å². The van der Waals surface area contributed by atoms with Crippen LogP contribution in [-0.4, -0.2) is 9.97 Å².